The molecular weight excluding hydrogens is 366 g/mol. The first-order valence-corrected chi connectivity index (χ1v) is 10.6. The molecule has 2 aromatic carbocycles. The van der Waals surface area contributed by atoms with E-state index in [-0.39, 0.29) is 23.2 Å². The molecule has 1 aromatic heterocycles. The Bertz CT molecular complexity index is 948. The molecule has 0 aliphatic rings. The molecule has 0 aliphatic heterocycles. The fourth-order valence-electron chi connectivity index (χ4n) is 3.51. The normalized spacial score (nSPS) is 12.5. The zero-order chi connectivity index (χ0) is 20.3. The van der Waals surface area contributed by atoms with Gasteiger partial charge in [-0.1, -0.05) is 66.4 Å². The van der Waals surface area contributed by atoms with Gasteiger partial charge in [-0.2, -0.15) is 0 Å². The summed E-state index contributed by atoms with van der Waals surface area (Å²) < 4.78 is 0. The molecule has 1 amide bonds. The van der Waals surface area contributed by atoms with Crippen LogP contribution < -0.4 is 0 Å². The van der Waals surface area contributed by atoms with Crippen molar-refractivity contribution in [1.82, 2.24) is 15.1 Å². The van der Waals surface area contributed by atoms with E-state index >= 15 is 0 Å². The van der Waals surface area contributed by atoms with E-state index in [2.05, 4.69) is 50.0 Å². The number of carbonyl (C=O) groups is 1. The molecule has 3 aromatic rings. The first kappa shape index (κ1) is 20.3. The molecule has 0 aliphatic carbocycles. The van der Waals surface area contributed by atoms with Crippen molar-refractivity contribution in [2.45, 2.75) is 57.0 Å². The molecule has 0 N–H and O–H groups in total. The quantitative estimate of drug-likeness (QED) is 0.524. The zero-order valence-electron chi connectivity index (χ0n) is 17.1. The van der Waals surface area contributed by atoms with Gasteiger partial charge in [-0.3, -0.25) is 4.79 Å². The number of thioether (sulfide) groups is 1. The maximum atomic E-state index is 13.0. The van der Waals surface area contributed by atoms with Crippen molar-refractivity contribution in [1.29, 1.82) is 0 Å². The SMILES string of the molecule is CC(C)N(C(=O)[C@H](C)Sc1nnc(-c2ccccc2)c2ccccc12)C(C)C. The van der Waals surface area contributed by atoms with Crippen LogP contribution in [0.4, 0.5) is 0 Å². The predicted octanol–water partition coefficient (Wildman–Crippen LogP) is 5.42. The smallest absolute Gasteiger partial charge is 0.236 e. The first-order valence-electron chi connectivity index (χ1n) is 9.69. The molecule has 0 unspecified atom stereocenters. The third kappa shape index (κ3) is 4.20. The number of carbonyl (C=O) groups excluding carboxylic acids is 1. The summed E-state index contributed by atoms with van der Waals surface area (Å²) in [6, 6.07) is 18.5. The minimum absolute atomic E-state index is 0.132. The van der Waals surface area contributed by atoms with E-state index in [0.717, 1.165) is 27.1 Å². The summed E-state index contributed by atoms with van der Waals surface area (Å²) >= 11 is 1.48. The number of nitrogens with zero attached hydrogens (tertiary/aromatic N) is 3. The molecule has 1 heterocycles. The maximum absolute atomic E-state index is 13.0. The van der Waals surface area contributed by atoms with Gasteiger partial charge in [0.05, 0.1) is 5.25 Å². The lowest BCUT2D eigenvalue weighted by Gasteiger charge is -2.32. The Balaban J connectivity index is 1.96. The summed E-state index contributed by atoms with van der Waals surface area (Å²) in [5, 5.41) is 11.6. The van der Waals surface area contributed by atoms with Crippen molar-refractivity contribution in [3.8, 4) is 11.3 Å². The number of benzene rings is 2. The Morgan fingerprint density at radius 2 is 1.39 bits per heavy atom. The van der Waals surface area contributed by atoms with Crippen molar-refractivity contribution in [3.63, 3.8) is 0 Å². The standard InChI is InChI=1S/C23H27N3OS/c1-15(2)26(16(3)4)23(27)17(5)28-22-20-14-10-9-13-19(20)21(24-25-22)18-11-7-6-8-12-18/h6-17H,1-5H3/t17-/m0/s1. The van der Waals surface area contributed by atoms with E-state index in [1.807, 2.05) is 54.3 Å². The van der Waals surface area contributed by atoms with Gasteiger partial charge in [0.15, 0.2) is 0 Å². The second-order valence-corrected chi connectivity index (χ2v) is 8.79. The number of hydrogen-bond donors (Lipinski definition) is 0. The van der Waals surface area contributed by atoms with E-state index in [1.54, 1.807) is 0 Å². The number of fused-ring (bicyclic) bond motifs is 1. The number of amides is 1. The van der Waals surface area contributed by atoms with Gasteiger partial charge in [0.2, 0.25) is 5.91 Å². The summed E-state index contributed by atoms with van der Waals surface area (Å²) in [4.78, 5) is 14.9. The molecule has 0 fully saturated rings. The second-order valence-electron chi connectivity index (χ2n) is 7.46. The molecule has 146 valence electrons. The molecule has 0 spiro atoms. The van der Waals surface area contributed by atoms with Crippen LogP contribution in [0.3, 0.4) is 0 Å². The third-order valence-corrected chi connectivity index (χ3v) is 5.78. The van der Waals surface area contributed by atoms with Gasteiger partial charge in [-0.15, -0.1) is 10.2 Å². The zero-order valence-corrected chi connectivity index (χ0v) is 17.9. The van der Waals surface area contributed by atoms with E-state index in [4.69, 9.17) is 0 Å². The molecule has 0 radical (unpaired) electrons. The molecule has 28 heavy (non-hydrogen) atoms. The van der Waals surface area contributed by atoms with Crippen LogP contribution in [0.15, 0.2) is 59.6 Å². The van der Waals surface area contributed by atoms with Crippen LogP contribution in [-0.4, -0.2) is 38.3 Å². The van der Waals surface area contributed by atoms with Crippen LogP contribution in [0.25, 0.3) is 22.0 Å². The fraction of sp³-hybridized carbons (Fsp3) is 0.348. The van der Waals surface area contributed by atoms with Crippen LogP contribution in [0, 0.1) is 0 Å². The van der Waals surface area contributed by atoms with Crippen molar-refractivity contribution in [2.24, 2.45) is 0 Å². The summed E-state index contributed by atoms with van der Waals surface area (Å²) in [6.07, 6.45) is 0. The molecule has 1 atom stereocenters. The van der Waals surface area contributed by atoms with E-state index in [9.17, 15) is 4.79 Å². The second kappa shape index (κ2) is 8.74. The Hall–Kier alpha value is -2.40. The van der Waals surface area contributed by atoms with Gasteiger partial charge >= 0.3 is 0 Å². The largest absolute Gasteiger partial charge is 0.337 e. The van der Waals surface area contributed by atoms with E-state index in [1.165, 1.54) is 11.8 Å². The highest BCUT2D eigenvalue weighted by Gasteiger charge is 2.27. The minimum atomic E-state index is -0.231. The third-order valence-electron chi connectivity index (χ3n) is 4.70. The highest BCUT2D eigenvalue weighted by atomic mass is 32.2. The van der Waals surface area contributed by atoms with E-state index < -0.39 is 0 Å². The monoisotopic (exact) mass is 393 g/mol. The highest BCUT2D eigenvalue weighted by Crippen LogP contribution is 2.34. The molecule has 5 heteroatoms. The Morgan fingerprint density at radius 3 is 2.00 bits per heavy atom. The van der Waals surface area contributed by atoms with Gasteiger partial charge in [0.25, 0.3) is 0 Å². The average molecular weight is 394 g/mol. The summed E-state index contributed by atoms with van der Waals surface area (Å²) in [6.45, 7) is 10.2. The molecule has 4 nitrogen and oxygen atoms in total. The van der Waals surface area contributed by atoms with Crippen molar-refractivity contribution < 1.29 is 4.79 Å². The van der Waals surface area contributed by atoms with Crippen LogP contribution in [0.5, 0.6) is 0 Å². The van der Waals surface area contributed by atoms with Gasteiger partial charge in [-0.25, -0.2) is 0 Å². The summed E-state index contributed by atoms with van der Waals surface area (Å²) in [7, 11) is 0. The van der Waals surface area contributed by atoms with Crippen LogP contribution in [0.2, 0.25) is 0 Å². The molecule has 3 rings (SSSR count). The lowest BCUT2D eigenvalue weighted by atomic mass is 10.1. The number of hydrogen-bond acceptors (Lipinski definition) is 4. The molecular formula is C23H27N3OS. The molecule has 0 bridgehead atoms. The number of aromatic nitrogens is 2. The van der Waals surface area contributed by atoms with Gasteiger partial charge < -0.3 is 4.90 Å². The minimum Gasteiger partial charge on any atom is -0.337 e. The summed E-state index contributed by atoms with van der Waals surface area (Å²) in [5.41, 5.74) is 1.91. The topological polar surface area (TPSA) is 46.1 Å². The predicted molar refractivity (Wildman–Crippen MR) is 117 cm³/mol. The summed E-state index contributed by atoms with van der Waals surface area (Å²) in [5.74, 6) is 0.132. The molecule has 0 saturated heterocycles. The first-order chi connectivity index (χ1) is 13.4. The van der Waals surface area contributed by atoms with Crippen LogP contribution in [-0.2, 0) is 4.79 Å². The van der Waals surface area contributed by atoms with Gasteiger partial charge in [0.1, 0.15) is 10.7 Å². The fourth-order valence-corrected chi connectivity index (χ4v) is 4.46. The average Bonchev–Trinajstić information content (AvgIpc) is 2.68. The number of rotatable bonds is 6. The lowest BCUT2D eigenvalue weighted by molar-refractivity contribution is -0.133. The maximum Gasteiger partial charge on any atom is 0.236 e. The molecule has 0 saturated carbocycles. The van der Waals surface area contributed by atoms with Gasteiger partial charge in [-0.05, 0) is 34.6 Å². The van der Waals surface area contributed by atoms with Crippen molar-refractivity contribution >= 4 is 28.4 Å². The Morgan fingerprint density at radius 1 is 0.821 bits per heavy atom. The van der Waals surface area contributed by atoms with Gasteiger partial charge in [0, 0.05) is 28.4 Å². The van der Waals surface area contributed by atoms with Crippen molar-refractivity contribution in [2.75, 3.05) is 0 Å². The Labute approximate surface area is 171 Å². The van der Waals surface area contributed by atoms with Crippen molar-refractivity contribution in [3.05, 3.63) is 54.6 Å². The lowest BCUT2D eigenvalue weighted by Crippen LogP contribution is -2.45. The van der Waals surface area contributed by atoms with Crippen LogP contribution in [0.1, 0.15) is 34.6 Å². The van der Waals surface area contributed by atoms with Crippen LogP contribution >= 0.6 is 11.8 Å². The Kier molecular flexibility index (Phi) is 6.35. The van der Waals surface area contributed by atoms with E-state index in [0.29, 0.717) is 0 Å². The highest BCUT2D eigenvalue weighted by molar-refractivity contribution is 8.00.